The third-order valence-electron chi connectivity index (χ3n) is 4.25. The molecule has 1 saturated carbocycles. The molecule has 1 aliphatic carbocycles. The maximum atomic E-state index is 12.7. The Kier molecular flexibility index (Phi) is 4.63. The fraction of sp³-hybridized carbons (Fsp3) is 0.500. The molecular weight excluding hydrogens is 270 g/mol. The average Bonchev–Trinajstić information content (AvgIpc) is 2.95. The summed E-state index contributed by atoms with van der Waals surface area (Å²) in [6, 6.07) is 8.18. The number of hydrogen-bond donors (Lipinski definition) is 3. The number of aliphatic carboxylic acids is 1. The van der Waals surface area contributed by atoms with E-state index in [2.05, 4.69) is 5.32 Å². The lowest BCUT2D eigenvalue weighted by atomic mass is 9.77. The Balaban J connectivity index is 2.27. The largest absolute Gasteiger partial charge is 0.480 e. The molecule has 0 saturated heterocycles. The van der Waals surface area contributed by atoms with Gasteiger partial charge in [-0.05, 0) is 25.3 Å². The molecule has 0 aliphatic heterocycles. The summed E-state index contributed by atoms with van der Waals surface area (Å²) < 4.78 is 0. The highest BCUT2D eigenvalue weighted by molar-refractivity contribution is 5.92. The number of carbonyl (C=O) groups excluding carboxylic acids is 1. The second kappa shape index (κ2) is 6.26. The summed E-state index contributed by atoms with van der Waals surface area (Å²) in [5.74, 6) is -1.53. The number of hydrogen-bond acceptors (Lipinski definition) is 3. The van der Waals surface area contributed by atoms with Crippen molar-refractivity contribution < 1.29 is 19.8 Å². The van der Waals surface area contributed by atoms with Crippen molar-refractivity contribution in [2.75, 3.05) is 0 Å². The Bertz CT molecular complexity index is 506. The molecule has 0 unspecified atom stereocenters. The van der Waals surface area contributed by atoms with Gasteiger partial charge in [0.25, 0.3) is 0 Å². The van der Waals surface area contributed by atoms with Crippen LogP contribution in [0.25, 0.3) is 0 Å². The minimum Gasteiger partial charge on any atom is -0.480 e. The van der Waals surface area contributed by atoms with Gasteiger partial charge in [-0.15, -0.1) is 0 Å². The quantitative estimate of drug-likeness (QED) is 0.766. The highest BCUT2D eigenvalue weighted by Gasteiger charge is 2.44. The number of benzene rings is 1. The minimum absolute atomic E-state index is 0.306. The van der Waals surface area contributed by atoms with Crippen molar-refractivity contribution in [1.29, 1.82) is 0 Å². The molecule has 2 rings (SSSR count). The van der Waals surface area contributed by atoms with Crippen LogP contribution in [-0.2, 0) is 15.0 Å². The van der Waals surface area contributed by atoms with Gasteiger partial charge in [-0.25, -0.2) is 4.79 Å². The van der Waals surface area contributed by atoms with Crippen molar-refractivity contribution in [1.82, 2.24) is 5.32 Å². The van der Waals surface area contributed by atoms with Gasteiger partial charge in [-0.2, -0.15) is 0 Å². The second-order valence-electron chi connectivity index (χ2n) is 5.69. The summed E-state index contributed by atoms with van der Waals surface area (Å²) in [7, 11) is 0. The first kappa shape index (κ1) is 15.5. The summed E-state index contributed by atoms with van der Waals surface area (Å²) in [5.41, 5.74) is 0.235. The first-order valence-corrected chi connectivity index (χ1v) is 7.25. The van der Waals surface area contributed by atoms with Crippen LogP contribution >= 0.6 is 0 Å². The van der Waals surface area contributed by atoms with E-state index in [1.807, 2.05) is 30.3 Å². The monoisotopic (exact) mass is 291 g/mol. The summed E-state index contributed by atoms with van der Waals surface area (Å²) in [6.07, 6.45) is 2.15. The van der Waals surface area contributed by atoms with Gasteiger partial charge in [0.05, 0.1) is 11.5 Å². The lowest BCUT2D eigenvalue weighted by molar-refractivity contribution is -0.145. The normalized spacial score (nSPS) is 19.7. The second-order valence-corrected chi connectivity index (χ2v) is 5.69. The number of carboxylic acid groups (broad SMARTS) is 1. The summed E-state index contributed by atoms with van der Waals surface area (Å²) in [4.78, 5) is 23.9. The number of carbonyl (C=O) groups is 2. The van der Waals surface area contributed by atoms with Crippen LogP contribution < -0.4 is 5.32 Å². The fourth-order valence-electron chi connectivity index (χ4n) is 3.05. The van der Waals surface area contributed by atoms with Gasteiger partial charge in [0, 0.05) is 0 Å². The van der Waals surface area contributed by atoms with E-state index < -0.39 is 23.5 Å². The van der Waals surface area contributed by atoms with E-state index in [0.29, 0.717) is 12.8 Å². The summed E-state index contributed by atoms with van der Waals surface area (Å²) in [5, 5.41) is 21.2. The lowest BCUT2D eigenvalue weighted by Crippen LogP contribution is -2.53. The van der Waals surface area contributed by atoms with Crippen molar-refractivity contribution in [2.24, 2.45) is 0 Å². The number of carboxylic acids is 1. The third-order valence-corrected chi connectivity index (χ3v) is 4.25. The smallest absolute Gasteiger partial charge is 0.328 e. The maximum absolute atomic E-state index is 12.7. The molecular formula is C16H21NO4. The molecule has 0 spiro atoms. The molecule has 2 atom stereocenters. The number of nitrogens with one attached hydrogen (secondary N) is 1. The van der Waals surface area contributed by atoms with Crippen molar-refractivity contribution >= 4 is 11.9 Å². The Hall–Kier alpha value is -1.88. The van der Waals surface area contributed by atoms with Crippen molar-refractivity contribution in [2.45, 2.75) is 50.2 Å². The van der Waals surface area contributed by atoms with Crippen LogP contribution in [0.3, 0.4) is 0 Å². The zero-order valence-corrected chi connectivity index (χ0v) is 12.1. The first-order valence-electron chi connectivity index (χ1n) is 7.25. The Morgan fingerprint density at radius 2 is 1.76 bits per heavy atom. The molecule has 0 heterocycles. The molecule has 0 radical (unpaired) electrons. The van der Waals surface area contributed by atoms with Gasteiger partial charge in [0.1, 0.15) is 0 Å². The first-order chi connectivity index (χ1) is 9.97. The number of rotatable bonds is 5. The van der Waals surface area contributed by atoms with E-state index in [4.69, 9.17) is 5.11 Å². The molecule has 5 heteroatoms. The van der Waals surface area contributed by atoms with Crippen LogP contribution in [0.4, 0.5) is 0 Å². The van der Waals surface area contributed by atoms with Gasteiger partial charge < -0.3 is 15.5 Å². The van der Waals surface area contributed by atoms with Crippen LogP contribution in [0.1, 0.15) is 38.2 Å². The lowest BCUT2D eigenvalue weighted by Gasteiger charge is -2.30. The van der Waals surface area contributed by atoms with Crippen molar-refractivity contribution in [3.63, 3.8) is 0 Å². The van der Waals surface area contributed by atoms with Crippen molar-refractivity contribution in [3.8, 4) is 0 Å². The molecule has 1 aromatic rings. The standard InChI is InChI=1S/C16H21NO4/c1-11(18)13(14(19)20)17-15(21)16(9-5-6-10-16)12-7-3-2-4-8-12/h2-4,7-8,11,13,18H,5-6,9-10H2,1H3,(H,17,21)(H,19,20)/t11-,13+/m1/s1. The number of aliphatic hydroxyl groups is 1. The van der Waals surface area contributed by atoms with Crippen LogP contribution in [0, 0.1) is 0 Å². The molecule has 114 valence electrons. The van der Waals surface area contributed by atoms with Crippen LogP contribution in [0.15, 0.2) is 30.3 Å². The third kappa shape index (κ3) is 3.08. The van der Waals surface area contributed by atoms with Gasteiger partial charge in [0.15, 0.2) is 6.04 Å². The van der Waals surface area contributed by atoms with Gasteiger partial charge in [-0.3, -0.25) is 4.79 Å². The van der Waals surface area contributed by atoms with Crippen LogP contribution in [-0.4, -0.2) is 34.2 Å². The predicted octanol–water partition coefficient (Wildman–Crippen LogP) is 1.45. The van der Waals surface area contributed by atoms with Gasteiger partial charge >= 0.3 is 5.97 Å². The summed E-state index contributed by atoms with van der Waals surface area (Å²) in [6.45, 7) is 1.36. The molecule has 0 bridgehead atoms. The molecule has 3 N–H and O–H groups in total. The molecule has 21 heavy (non-hydrogen) atoms. The van der Waals surface area contributed by atoms with E-state index in [0.717, 1.165) is 18.4 Å². The summed E-state index contributed by atoms with van der Waals surface area (Å²) >= 11 is 0. The zero-order chi connectivity index (χ0) is 15.5. The van der Waals surface area contributed by atoms with Crippen LogP contribution in [0.2, 0.25) is 0 Å². The van der Waals surface area contributed by atoms with E-state index in [1.165, 1.54) is 6.92 Å². The van der Waals surface area contributed by atoms with Gasteiger partial charge in [0.2, 0.25) is 5.91 Å². The topological polar surface area (TPSA) is 86.6 Å². The van der Waals surface area contributed by atoms with E-state index in [9.17, 15) is 14.7 Å². The molecule has 1 fully saturated rings. The molecule has 0 aromatic heterocycles. The molecule has 1 aliphatic rings. The van der Waals surface area contributed by atoms with Gasteiger partial charge in [-0.1, -0.05) is 43.2 Å². The number of amides is 1. The molecule has 1 amide bonds. The Labute approximate surface area is 124 Å². The highest BCUT2D eigenvalue weighted by Crippen LogP contribution is 2.41. The molecule has 5 nitrogen and oxygen atoms in total. The van der Waals surface area contributed by atoms with Crippen LogP contribution in [0.5, 0.6) is 0 Å². The highest BCUT2D eigenvalue weighted by atomic mass is 16.4. The SMILES string of the molecule is C[C@@H](O)[C@H](NC(=O)C1(c2ccccc2)CCCC1)C(=O)O. The fourth-order valence-corrected chi connectivity index (χ4v) is 3.05. The van der Waals surface area contributed by atoms with Crippen molar-refractivity contribution in [3.05, 3.63) is 35.9 Å². The Morgan fingerprint density at radius 3 is 2.24 bits per heavy atom. The van der Waals surface area contributed by atoms with E-state index >= 15 is 0 Å². The minimum atomic E-state index is -1.28. The maximum Gasteiger partial charge on any atom is 0.328 e. The zero-order valence-electron chi connectivity index (χ0n) is 12.1. The van der Waals surface area contributed by atoms with E-state index in [-0.39, 0.29) is 5.91 Å². The predicted molar refractivity (Wildman–Crippen MR) is 77.8 cm³/mol. The Morgan fingerprint density at radius 1 is 1.19 bits per heavy atom. The number of aliphatic hydroxyl groups excluding tert-OH is 1. The molecule has 1 aromatic carbocycles. The van der Waals surface area contributed by atoms with E-state index in [1.54, 1.807) is 0 Å². The average molecular weight is 291 g/mol.